The molecule has 0 bridgehead atoms. The van der Waals surface area contributed by atoms with Gasteiger partial charge in [0, 0.05) is 6.54 Å². The van der Waals surface area contributed by atoms with Gasteiger partial charge in [-0.25, -0.2) is 9.67 Å². The van der Waals surface area contributed by atoms with Crippen LogP contribution in [0.15, 0.2) is 24.8 Å². The van der Waals surface area contributed by atoms with Gasteiger partial charge in [-0.15, -0.1) is 0 Å². The Bertz CT molecular complexity index is 450. The molecule has 2 aromatic heterocycles. The van der Waals surface area contributed by atoms with Crippen molar-refractivity contribution in [3.05, 3.63) is 35.5 Å². The molecule has 0 fully saturated rings. The number of halogens is 1. The first-order valence-corrected chi connectivity index (χ1v) is 5.39. The number of rotatable bonds is 4. The summed E-state index contributed by atoms with van der Waals surface area (Å²) in [4.78, 5) is 8.53. The van der Waals surface area contributed by atoms with Crippen LogP contribution in [0.3, 0.4) is 0 Å². The summed E-state index contributed by atoms with van der Waals surface area (Å²) in [6, 6.07) is 0. The summed E-state index contributed by atoms with van der Waals surface area (Å²) in [6.07, 6.45) is 6.66. The number of nitrogens with one attached hydrogen (secondary N) is 1. The maximum Gasteiger partial charge on any atom is 0.171 e. The van der Waals surface area contributed by atoms with E-state index in [1.165, 1.54) is 0 Å². The second-order valence-corrected chi connectivity index (χ2v) is 3.69. The zero-order valence-corrected chi connectivity index (χ0v) is 9.65. The predicted octanol–water partition coefficient (Wildman–Crippen LogP) is 1.43. The molecule has 0 spiro atoms. The van der Waals surface area contributed by atoms with E-state index in [9.17, 15) is 0 Å². The van der Waals surface area contributed by atoms with Gasteiger partial charge in [0.05, 0.1) is 35.5 Å². The molecule has 2 heterocycles. The van der Waals surface area contributed by atoms with E-state index in [1.807, 2.05) is 6.92 Å². The minimum Gasteiger partial charge on any atom is -0.311 e. The van der Waals surface area contributed by atoms with Crippen molar-refractivity contribution in [3.63, 3.8) is 0 Å². The lowest BCUT2D eigenvalue weighted by Gasteiger charge is -2.02. The molecule has 0 saturated heterocycles. The van der Waals surface area contributed by atoms with Gasteiger partial charge in [-0.3, -0.25) is 4.98 Å². The van der Waals surface area contributed by atoms with Gasteiger partial charge in [-0.05, 0) is 6.54 Å². The average molecular weight is 238 g/mol. The molecule has 0 unspecified atom stereocenters. The standard InChI is InChI=1S/C10H12ClN5/c1-2-12-4-9-5-14-10(6-13-9)16-7-8(11)3-15-16/h3,5-7,12H,2,4H2,1H3. The Hall–Kier alpha value is -1.46. The Balaban J connectivity index is 2.13. The first-order chi connectivity index (χ1) is 7.79. The number of hydrogen-bond acceptors (Lipinski definition) is 4. The molecule has 0 atom stereocenters. The molecule has 2 aromatic rings. The molecule has 5 nitrogen and oxygen atoms in total. The van der Waals surface area contributed by atoms with Crippen LogP contribution in [0.1, 0.15) is 12.6 Å². The molecule has 0 aliphatic carbocycles. The first-order valence-electron chi connectivity index (χ1n) is 5.02. The van der Waals surface area contributed by atoms with Crippen LogP contribution in [0.25, 0.3) is 5.82 Å². The maximum absolute atomic E-state index is 5.77. The summed E-state index contributed by atoms with van der Waals surface area (Å²) < 4.78 is 1.59. The van der Waals surface area contributed by atoms with Gasteiger partial charge in [0.25, 0.3) is 0 Å². The topological polar surface area (TPSA) is 55.6 Å². The van der Waals surface area contributed by atoms with Crippen LogP contribution in [0.4, 0.5) is 0 Å². The lowest BCUT2D eigenvalue weighted by atomic mass is 10.4. The monoisotopic (exact) mass is 237 g/mol. The fraction of sp³-hybridized carbons (Fsp3) is 0.300. The highest BCUT2D eigenvalue weighted by Gasteiger charge is 2.01. The van der Waals surface area contributed by atoms with Crippen molar-refractivity contribution < 1.29 is 0 Å². The van der Waals surface area contributed by atoms with Gasteiger partial charge < -0.3 is 5.32 Å². The molecule has 0 aliphatic rings. The van der Waals surface area contributed by atoms with Crippen molar-refractivity contribution in [1.29, 1.82) is 0 Å². The van der Waals surface area contributed by atoms with Crippen LogP contribution in [0, 0.1) is 0 Å². The minimum absolute atomic E-state index is 0.582. The molecule has 0 saturated carbocycles. The predicted molar refractivity (Wildman–Crippen MR) is 61.5 cm³/mol. The van der Waals surface area contributed by atoms with Crippen LogP contribution in [-0.4, -0.2) is 26.3 Å². The smallest absolute Gasteiger partial charge is 0.171 e. The fourth-order valence-corrected chi connectivity index (χ4v) is 1.37. The minimum atomic E-state index is 0.582. The third-order valence-corrected chi connectivity index (χ3v) is 2.23. The van der Waals surface area contributed by atoms with Gasteiger partial charge >= 0.3 is 0 Å². The van der Waals surface area contributed by atoms with E-state index < -0.39 is 0 Å². The van der Waals surface area contributed by atoms with E-state index in [0.717, 1.165) is 18.8 Å². The van der Waals surface area contributed by atoms with E-state index in [2.05, 4.69) is 20.4 Å². The Morgan fingerprint density at radius 1 is 1.31 bits per heavy atom. The summed E-state index contributed by atoms with van der Waals surface area (Å²) >= 11 is 5.77. The molecule has 0 amide bonds. The van der Waals surface area contributed by atoms with Gasteiger partial charge in [-0.2, -0.15) is 5.10 Å². The summed E-state index contributed by atoms with van der Waals surface area (Å²) in [5.41, 5.74) is 0.906. The first kappa shape index (κ1) is 11.0. The van der Waals surface area contributed by atoms with Crippen LogP contribution in [0.2, 0.25) is 5.02 Å². The van der Waals surface area contributed by atoms with E-state index in [0.29, 0.717) is 10.8 Å². The molecule has 0 aromatic carbocycles. The SMILES string of the molecule is CCNCc1cnc(-n2cc(Cl)cn2)cn1. The third kappa shape index (κ3) is 2.56. The molecule has 0 aliphatic heterocycles. The Morgan fingerprint density at radius 3 is 2.75 bits per heavy atom. The van der Waals surface area contributed by atoms with E-state index in [-0.39, 0.29) is 0 Å². The van der Waals surface area contributed by atoms with E-state index in [1.54, 1.807) is 29.5 Å². The highest BCUT2D eigenvalue weighted by atomic mass is 35.5. The van der Waals surface area contributed by atoms with E-state index in [4.69, 9.17) is 11.6 Å². The van der Waals surface area contributed by atoms with Crippen LogP contribution in [-0.2, 0) is 6.54 Å². The Kier molecular flexibility index (Phi) is 3.48. The van der Waals surface area contributed by atoms with Gasteiger partial charge in [0.2, 0.25) is 0 Å². The zero-order valence-electron chi connectivity index (χ0n) is 8.89. The van der Waals surface area contributed by atoms with Gasteiger partial charge in [0.1, 0.15) is 0 Å². The largest absolute Gasteiger partial charge is 0.311 e. The van der Waals surface area contributed by atoms with Gasteiger partial charge in [-0.1, -0.05) is 18.5 Å². The van der Waals surface area contributed by atoms with Crippen LogP contribution < -0.4 is 5.32 Å². The zero-order chi connectivity index (χ0) is 11.4. The normalized spacial score (nSPS) is 10.6. The van der Waals surface area contributed by atoms with Crippen molar-refractivity contribution in [1.82, 2.24) is 25.1 Å². The van der Waals surface area contributed by atoms with Gasteiger partial charge in [0.15, 0.2) is 5.82 Å². The maximum atomic E-state index is 5.77. The lowest BCUT2D eigenvalue weighted by Crippen LogP contribution is -2.13. The molecular formula is C10H12ClN5. The second kappa shape index (κ2) is 5.05. The summed E-state index contributed by atoms with van der Waals surface area (Å²) in [6.45, 7) is 3.69. The van der Waals surface area contributed by atoms with Crippen molar-refractivity contribution in [2.75, 3.05) is 6.54 Å². The number of hydrogen-bond donors (Lipinski definition) is 1. The van der Waals surface area contributed by atoms with Crippen molar-refractivity contribution >= 4 is 11.6 Å². The summed E-state index contributed by atoms with van der Waals surface area (Å²) in [5, 5.41) is 7.81. The molecule has 0 radical (unpaired) electrons. The highest BCUT2D eigenvalue weighted by molar-refractivity contribution is 6.30. The highest BCUT2D eigenvalue weighted by Crippen LogP contribution is 2.08. The third-order valence-electron chi connectivity index (χ3n) is 2.03. The van der Waals surface area contributed by atoms with Crippen LogP contribution >= 0.6 is 11.6 Å². The molecule has 1 N–H and O–H groups in total. The van der Waals surface area contributed by atoms with Crippen molar-refractivity contribution in [2.45, 2.75) is 13.5 Å². The molecule has 2 rings (SSSR count). The molecule has 16 heavy (non-hydrogen) atoms. The summed E-state index contributed by atoms with van der Waals surface area (Å²) in [5.74, 6) is 0.659. The second-order valence-electron chi connectivity index (χ2n) is 3.25. The van der Waals surface area contributed by atoms with Crippen molar-refractivity contribution in [3.8, 4) is 5.82 Å². The number of nitrogens with zero attached hydrogens (tertiary/aromatic N) is 4. The van der Waals surface area contributed by atoms with Crippen molar-refractivity contribution in [2.24, 2.45) is 0 Å². The lowest BCUT2D eigenvalue weighted by molar-refractivity contribution is 0.703. The fourth-order valence-electron chi connectivity index (χ4n) is 1.24. The molecule has 6 heteroatoms. The van der Waals surface area contributed by atoms with E-state index >= 15 is 0 Å². The molecule has 84 valence electrons. The Morgan fingerprint density at radius 2 is 2.19 bits per heavy atom. The number of aromatic nitrogens is 4. The average Bonchev–Trinajstić information content (AvgIpc) is 2.74. The quantitative estimate of drug-likeness (QED) is 0.874. The Labute approximate surface area is 98.5 Å². The molecular weight excluding hydrogens is 226 g/mol. The van der Waals surface area contributed by atoms with Crippen LogP contribution in [0.5, 0.6) is 0 Å². The summed E-state index contributed by atoms with van der Waals surface area (Å²) in [7, 11) is 0.